The number of aromatic nitrogens is 2. The summed E-state index contributed by atoms with van der Waals surface area (Å²) in [6, 6.07) is 16.6. The average molecular weight is 447 g/mol. The first-order valence-corrected chi connectivity index (χ1v) is 12.0. The first-order valence-electron chi connectivity index (χ1n) is 11.2. The SMILES string of the molecule is Cn1ccnc1C1(O)C[C@H]2CC[C@@H](C1)N2CC(=O)N1c2ccccc2Sc2ccccc21. The molecule has 3 aromatic rings. The van der Waals surface area contributed by atoms with Crippen molar-refractivity contribution in [3.05, 3.63) is 66.7 Å². The van der Waals surface area contributed by atoms with Gasteiger partial charge in [-0.1, -0.05) is 36.0 Å². The van der Waals surface area contributed by atoms with E-state index in [4.69, 9.17) is 0 Å². The van der Waals surface area contributed by atoms with Crippen molar-refractivity contribution < 1.29 is 9.90 Å². The van der Waals surface area contributed by atoms with E-state index in [1.54, 1.807) is 18.0 Å². The number of para-hydroxylation sites is 2. The molecule has 32 heavy (non-hydrogen) atoms. The number of aryl methyl sites for hydroxylation is 1. The van der Waals surface area contributed by atoms with Crippen LogP contribution in [0.2, 0.25) is 0 Å². The second-order valence-corrected chi connectivity index (χ2v) is 10.2. The van der Waals surface area contributed by atoms with Gasteiger partial charge in [-0.05, 0) is 49.9 Å². The molecule has 3 atom stereocenters. The molecule has 6 nitrogen and oxygen atoms in total. The Kier molecular flexibility index (Phi) is 4.68. The second kappa shape index (κ2) is 7.47. The van der Waals surface area contributed by atoms with Gasteiger partial charge in [0.05, 0.1) is 17.9 Å². The molecular formula is C25H26N4O2S. The summed E-state index contributed by atoms with van der Waals surface area (Å²) in [6.45, 7) is 0.360. The highest BCUT2D eigenvalue weighted by Crippen LogP contribution is 2.49. The number of carbonyl (C=O) groups is 1. The van der Waals surface area contributed by atoms with Gasteiger partial charge < -0.3 is 9.67 Å². The highest BCUT2D eigenvalue weighted by molar-refractivity contribution is 7.99. The number of aliphatic hydroxyl groups is 1. The molecule has 3 aliphatic rings. The molecule has 4 heterocycles. The molecule has 1 N–H and O–H groups in total. The minimum atomic E-state index is -0.926. The van der Waals surface area contributed by atoms with Gasteiger partial charge >= 0.3 is 0 Å². The zero-order chi connectivity index (χ0) is 21.9. The Labute approximate surface area is 191 Å². The Hall–Kier alpha value is -2.61. The van der Waals surface area contributed by atoms with E-state index < -0.39 is 5.60 Å². The number of fused-ring (bicyclic) bond motifs is 4. The van der Waals surface area contributed by atoms with E-state index in [0.29, 0.717) is 19.4 Å². The van der Waals surface area contributed by atoms with Crippen molar-refractivity contribution in [1.29, 1.82) is 0 Å². The predicted octanol–water partition coefficient (Wildman–Crippen LogP) is 4.06. The van der Waals surface area contributed by atoms with Crippen LogP contribution in [-0.4, -0.2) is 44.1 Å². The fourth-order valence-corrected chi connectivity index (χ4v) is 6.83. The molecule has 1 aromatic heterocycles. The molecule has 0 spiro atoms. The normalized spacial score (nSPS) is 26.6. The number of hydrogen-bond acceptors (Lipinski definition) is 5. The van der Waals surface area contributed by atoms with Crippen LogP contribution in [0.5, 0.6) is 0 Å². The van der Waals surface area contributed by atoms with E-state index in [1.165, 1.54) is 0 Å². The van der Waals surface area contributed by atoms with Gasteiger partial charge in [0, 0.05) is 41.3 Å². The zero-order valence-electron chi connectivity index (χ0n) is 18.0. The zero-order valence-corrected chi connectivity index (χ0v) is 18.8. The van der Waals surface area contributed by atoms with E-state index in [0.717, 1.165) is 39.8 Å². The molecule has 1 unspecified atom stereocenters. The third-order valence-electron chi connectivity index (χ3n) is 7.15. The summed E-state index contributed by atoms with van der Waals surface area (Å²) >= 11 is 1.71. The van der Waals surface area contributed by atoms with Gasteiger partial charge in [0.25, 0.3) is 0 Å². The number of carbonyl (C=O) groups excluding carboxylic acids is 1. The van der Waals surface area contributed by atoms with E-state index in [1.807, 2.05) is 59.1 Å². The topological polar surface area (TPSA) is 61.6 Å². The predicted molar refractivity (Wildman–Crippen MR) is 124 cm³/mol. The Balaban J connectivity index is 1.28. The maximum Gasteiger partial charge on any atom is 0.245 e. The number of hydrogen-bond donors (Lipinski definition) is 1. The van der Waals surface area contributed by atoms with Crippen LogP contribution < -0.4 is 4.90 Å². The molecule has 6 rings (SSSR count). The van der Waals surface area contributed by atoms with Crippen LogP contribution in [0.15, 0.2) is 70.7 Å². The molecule has 0 saturated carbocycles. The van der Waals surface area contributed by atoms with Crippen molar-refractivity contribution >= 4 is 29.0 Å². The van der Waals surface area contributed by atoms with E-state index in [2.05, 4.69) is 22.0 Å². The fourth-order valence-electron chi connectivity index (χ4n) is 5.77. The Bertz CT molecular complexity index is 1130. The van der Waals surface area contributed by atoms with E-state index in [-0.39, 0.29) is 18.0 Å². The molecule has 0 aliphatic carbocycles. The van der Waals surface area contributed by atoms with E-state index >= 15 is 0 Å². The first-order chi connectivity index (χ1) is 15.5. The van der Waals surface area contributed by atoms with Gasteiger partial charge in [0.2, 0.25) is 5.91 Å². The monoisotopic (exact) mass is 446 g/mol. The van der Waals surface area contributed by atoms with Gasteiger partial charge in [-0.15, -0.1) is 0 Å². The summed E-state index contributed by atoms with van der Waals surface area (Å²) in [5.74, 6) is 0.820. The number of rotatable bonds is 3. The van der Waals surface area contributed by atoms with Gasteiger partial charge in [-0.2, -0.15) is 0 Å². The molecule has 164 valence electrons. The first kappa shape index (κ1) is 20.0. The summed E-state index contributed by atoms with van der Waals surface area (Å²) in [4.78, 5) is 24.6. The van der Waals surface area contributed by atoms with Gasteiger partial charge in [0.15, 0.2) is 0 Å². The molecular weight excluding hydrogens is 420 g/mol. The highest BCUT2D eigenvalue weighted by Gasteiger charge is 2.50. The number of anilines is 2. The Morgan fingerprint density at radius 3 is 2.22 bits per heavy atom. The third kappa shape index (κ3) is 3.10. The number of imidazole rings is 1. The van der Waals surface area contributed by atoms with Crippen LogP contribution in [0.4, 0.5) is 11.4 Å². The maximum atomic E-state index is 13.8. The summed E-state index contributed by atoms with van der Waals surface area (Å²) in [7, 11) is 1.93. The smallest absolute Gasteiger partial charge is 0.245 e. The number of benzene rings is 2. The average Bonchev–Trinajstić information content (AvgIpc) is 3.33. The molecule has 2 bridgehead atoms. The Morgan fingerprint density at radius 1 is 1.06 bits per heavy atom. The number of piperidine rings is 1. The lowest BCUT2D eigenvalue weighted by molar-refractivity contribution is -0.123. The van der Waals surface area contributed by atoms with Crippen molar-refractivity contribution in [2.45, 2.75) is 53.2 Å². The van der Waals surface area contributed by atoms with Gasteiger partial charge in [0.1, 0.15) is 11.4 Å². The number of amides is 1. The summed E-state index contributed by atoms with van der Waals surface area (Å²) in [5.41, 5.74) is 0.982. The standard InChI is InChI=1S/C25H26N4O2S/c1-27-13-12-26-24(27)25(31)14-17-10-11-18(15-25)28(17)16-23(30)29-19-6-2-4-8-21(19)32-22-9-5-3-7-20(22)29/h2-9,12-13,17-18,31H,10-11,14-16H2,1H3/t17-,18+,25?. The summed E-state index contributed by atoms with van der Waals surface area (Å²) in [5, 5.41) is 11.4. The molecule has 2 saturated heterocycles. The summed E-state index contributed by atoms with van der Waals surface area (Å²) < 4.78 is 1.92. The van der Waals surface area contributed by atoms with Gasteiger partial charge in [-0.3, -0.25) is 14.6 Å². The minimum absolute atomic E-state index is 0.0875. The van der Waals surface area contributed by atoms with Crippen LogP contribution in [0.3, 0.4) is 0 Å². The largest absolute Gasteiger partial charge is 0.382 e. The highest BCUT2D eigenvalue weighted by atomic mass is 32.2. The summed E-state index contributed by atoms with van der Waals surface area (Å²) in [6.07, 6.45) is 6.87. The third-order valence-corrected chi connectivity index (χ3v) is 8.28. The van der Waals surface area contributed by atoms with Gasteiger partial charge in [-0.25, -0.2) is 4.98 Å². The molecule has 2 fully saturated rings. The van der Waals surface area contributed by atoms with Crippen molar-refractivity contribution in [2.75, 3.05) is 11.4 Å². The quantitative estimate of drug-likeness (QED) is 0.657. The second-order valence-electron chi connectivity index (χ2n) is 9.13. The van der Waals surface area contributed by atoms with Crippen LogP contribution in [-0.2, 0) is 17.4 Å². The van der Waals surface area contributed by atoms with Crippen molar-refractivity contribution in [3.63, 3.8) is 0 Å². The molecule has 1 amide bonds. The lowest BCUT2D eigenvalue weighted by Gasteiger charge is -2.43. The molecule has 7 heteroatoms. The van der Waals surface area contributed by atoms with Crippen molar-refractivity contribution in [1.82, 2.24) is 14.5 Å². The molecule has 0 radical (unpaired) electrons. The molecule has 2 aromatic carbocycles. The van der Waals surface area contributed by atoms with E-state index in [9.17, 15) is 9.90 Å². The number of nitrogens with zero attached hydrogens (tertiary/aromatic N) is 4. The molecule has 3 aliphatic heterocycles. The Morgan fingerprint density at radius 2 is 1.66 bits per heavy atom. The lowest BCUT2D eigenvalue weighted by atomic mass is 9.85. The maximum absolute atomic E-state index is 13.8. The van der Waals surface area contributed by atoms with Crippen LogP contribution in [0.25, 0.3) is 0 Å². The lowest BCUT2D eigenvalue weighted by Crippen LogP contribution is -2.53. The van der Waals surface area contributed by atoms with Crippen molar-refractivity contribution in [2.24, 2.45) is 7.05 Å². The van der Waals surface area contributed by atoms with Crippen LogP contribution in [0.1, 0.15) is 31.5 Å². The van der Waals surface area contributed by atoms with Crippen LogP contribution in [0, 0.1) is 0 Å². The fraction of sp³-hybridized carbons (Fsp3) is 0.360. The van der Waals surface area contributed by atoms with Crippen LogP contribution >= 0.6 is 11.8 Å². The minimum Gasteiger partial charge on any atom is -0.382 e. The van der Waals surface area contributed by atoms with Crippen molar-refractivity contribution in [3.8, 4) is 0 Å².